The Balaban J connectivity index is 2.01. The van der Waals surface area contributed by atoms with Crippen LogP contribution in [-0.2, 0) is 6.54 Å². The zero-order chi connectivity index (χ0) is 15.5. The first-order chi connectivity index (χ1) is 9.85. The third kappa shape index (κ3) is 4.41. The maximum Gasteiger partial charge on any atom is 0.573 e. The number of ether oxygens (including phenoxy) is 1. The highest BCUT2D eigenvalue weighted by Gasteiger charge is 2.30. The van der Waals surface area contributed by atoms with Gasteiger partial charge in [-0.3, -0.25) is 0 Å². The molecule has 0 radical (unpaired) electrons. The Labute approximate surface area is 121 Å². The van der Waals surface area contributed by atoms with E-state index >= 15 is 0 Å². The smallest absolute Gasteiger partial charge is 0.406 e. The summed E-state index contributed by atoms with van der Waals surface area (Å²) in [7, 11) is 0. The van der Waals surface area contributed by atoms with Crippen LogP contribution in [0.1, 0.15) is 16.7 Å². The van der Waals surface area contributed by atoms with Gasteiger partial charge in [0.2, 0.25) is 0 Å². The predicted octanol–water partition coefficient (Wildman–Crippen LogP) is 4.81. The van der Waals surface area contributed by atoms with E-state index in [-0.39, 0.29) is 5.75 Å². The number of hydrogen-bond acceptors (Lipinski definition) is 2. The summed E-state index contributed by atoms with van der Waals surface area (Å²) in [5.74, 6) is -0.210. The van der Waals surface area contributed by atoms with Crippen molar-refractivity contribution in [3.63, 3.8) is 0 Å². The fraction of sp³-hybridized carbons (Fsp3) is 0.250. The van der Waals surface area contributed by atoms with Gasteiger partial charge in [0.05, 0.1) is 0 Å². The first-order valence-electron chi connectivity index (χ1n) is 6.50. The zero-order valence-electron chi connectivity index (χ0n) is 11.8. The highest BCUT2D eigenvalue weighted by molar-refractivity contribution is 5.56. The van der Waals surface area contributed by atoms with E-state index in [0.717, 1.165) is 22.4 Å². The van der Waals surface area contributed by atoms with Crippen molar-refractivity contribution >= 4 is 5.69 Å². The molecule has 0 saturated heterocycles. The largest absolute Gasteiger partial charge is 0.573 e. The van der Waals surface area contributed by atoms with E-state index in [1.165, 1.54) is 12.1 Å². The first kappa shape index (κ1) is 15.2. The van der Waals surface area contributed by atoms with Crippen LogP contribution in [0, 0.1) is 13.8 Å². The van der Waals surface area contributed by atoms with Crippen molar-refractivity contribution in [2.75, 3.05) is 5.32 Å². The lowest BCUT2D eigenvalue weighted by molar-refractivity contribution is -0.274. The second kappa shape index (κ2) is 6.08. The van der Waals surface area contributed by atoms with E-state index in [0.29, 0.717) is 6.54 Å². The molecule has 2 aromatic rings. The lowest BCUT2D eigenvalue weighted by Gasteiger charge is -2.13. The fourth-order valence-corrected chi connectivity index (χ4v) is 2.09. The Hall–Kier alpha value is -2.17. The summed E-state index contributed by atoms with van der Waals surface area (Å²) in [4.78, 5) is 0. The van der Waals surface area contributed by atoms with E-state index < -0.39 is 6.36 Å². The average Bonchev–Trinajstić information content (AvgIpc) is 2.38. The highest BCUT2D eigenvalue weighted by atomic mass is 19.4. The van der Waals surface area contributed by atoms with Gasteiger partial charge < -0.3 is 10.1 Å². The maximum atomic E-state index is 12.1. The molecule has 21 heavy (non-hydrogen) atoms. The van der Waals surface area contributed by atoms with Crippen LogP contribution in [0.25, 0.3) is 0 Å². The molecule has 2 aromatic carbocycles. The summed E-state index contributed by atoms with van der Waals surface area (Å²) in [5, 5.41) is 3.30. The van der Waals surface area contributed by atoms with Crippen LogP contribution in [0.2, 0.25) is 0 Å². The molecule has 2 nitrogen and oxygen atoms in total. The number of anilines is 1. The molecular weight excluding hydrogens is 279 g/mol. The van der Waals surface area contributed by atoms with Crippen molar-refractivity contribution < 1.29 is 17.9 Å². The van der Waals surface area contributed by atoms with Crippen LogP contribution in [0.5, 0.6) is 5.75 Å². The minimum Gasteiger partial charge on any atom is -0.406 e. The normalized spacial score (nSPS) is 11.3. The summed E-state index contributed by atoms with van der Waals surface area (Å²) in [6.07, 6.45) is -4.65. The van der Waals surface area contributed by atoms with Gasteiger partial charge in [-0.15, -0.1) is 13.2 Å². The van der Waals surface area contributed by atoms with Crippen molar-refractivity contribution in [1.29, 1.82) is 0 Å². The topological polar surface area (TPSA) is 21.3 Å². The predicted molar refractivity (Wildman–Crippen MR) is 76.4 cm³/mol. The molecule has 0 amide bonds. The minimum atomic E-state index is -4.65. The maximum absolute atomic E-state index is 12.1. The molecule has 0 heterocycles. The summed E-state index contributed by atoms with van der Waals surface area (Å²) < 4.78 is 40.0. The number of halogens is 3. The average molecular weight is 295 g/mol. The van der Waals surface area contributed by atoms with Crippen molar-refractivity contribution in [3.8, 4) is 5.75 Å². The second-order valence-electron chi connectivity index (χ2n) is 4.81. The molecular formula is C16H16F3NO. The summed E-state index contributed by atoms with van der Waals surface area (Å²) in [6.45, 7) is 4.56. The summed E-state index contributed by atoms with van der Waals surface area (Å²) in [6, 6.07) is 11.9. The molecule has 0 unspecified atom stereocenters. The van der Waals surface area contributed by atoms with Gasteiger partial charge in [-0.25, -0.2) is 0 Å². The van der Waals surface area contributed by atoms with Crippen molar-refractivity contribution in [1.82, 2.24) is 0 Å². The monoisotopic (exact) mass is 295 g/mol. The number of nitrogens with one attached hydrogen (secondary N) is 1. The summed E-state index contributed by atoms with van der Waals surface area (Å²) in [5.41, 5.74) is 4.19. The molecule has 0 bridgehead atoms. The van der Waals surface area contributed by atoms with E-state index in [9.17, 15) is 13.2 Å². The zero-order valence-corrected chi connectivity index (χ0v) is 11.8. The molecule has 1 N–H and O–H groups in total. The number of aryl methyl sites for hydroxylation is 2. The Morgan fingerprint density at radius 2 is 1.52 bits per heavy atom. The van der Waals surface area contributed by atoms with Crippen LogP contribution in [0.15, 0.2) is 42.5 Å². The van der Waals surface area contributed by atoms with Gasteiger partial charge in [0, 0.05) is 12.2 Å². The van der Waals surface area contributed by atoms with Crippen LogP contribution in [-0.4, -0.2) is 6.36 Å². The molecule has 0 aliphatic heterocycles. The SMILES string of the molecule is Cc1cccc(C)c1NCc1ccc(OC(F)(F)F)cc1. The highest BCUT2D eigenvalue weighted by Crippen LogP contribution is 2.24. The van der Waals surface area contributed by atoms with E-state index in [1.54, 1.807) is 12.1 Å². The van der Waals surface area contributed by atoms with Gasteiger partial charge in [0.15, 0.2) is 0 Å². The van der Waals surface area contributed by atoms with Gasteiger partial charge in [0.1, 0.15) is 5.75 Å². The molecule has 0 fully saturated rings. The molecule has 2 rings (SSSR count). The lowest BCUT2D eigenvalue weighted by Crippen LogP contribution is -2.17. The molecule has 0 spiro atoms. The van der Waals surface area contributed by atoms with Crippen LogP contribution >= 0.6 is 0 Å². The third-order valence-corrected chi connectivity index (χ3v) is 3.11. The third-order valence-electron chi connectivity index (χ3n) is 3.11. The van der Waals surface area contributed by atoms with Gasteiger partial charge >= 0.3 is 6.36 Å². The van der Waals surface area contributed by atoms with Gasteiger partial charge in [-0.1, -0.05) is 30.3 Å². The molecule has 0 aromatic heterocycles. The molecule has 0 aliphatic carbocycles. The fourth-order valence-electron chi connectivity index (χ4n) is 2.09. The van der Waals surface area contributed by atoms with Gasteiger partial charge in [-0.05, 0) is 42.7 Å². The van der Waals surface area contributed by atoms with Gasteiger partial charge in [-0.2, -0.15) is 0 Å². The minimum absolute atomic E-state index is 0.210. The number of alkyl halides is 3. The van der Waals surface area contributed by atoms with Crippen molar-refractivity contribution in [2.45, 2.75) is 26.8 Å². The quantitative estimate of drug-likeness (QED) is 0.873. The molecule has 112 valence electrons. The van der Waals surface area contributed by atoms with E-state index in [4.69, 9.17) is 0 Å². The molecule has 5 heteroatoms. The van der Waals surface area contributed by atoms with Crippen molar-refractivity contribution in [2.24, 2.45) is 0 Å². The lowest BCUT2D eigenvalue weighted by atomic mass is 10.1. The van der Waals surface area contributed by atoms with Crippen LogP contribution in [0.4, 0.5) is 18.9 Å². The van der Waals surface area contributed by atoms with E-state index in [2.05, 4.69) is 10.1 Å². The summed E-state index contributed by atoms with van der Waals surface area (Å²) >= 11 is 0. The molecule has 0 aliphatic rings. The first-order valence-corrected chi connectivity index (χ1v) is 6.50. The number of para-hydroxylation sites is 1. The number of rotatable bonds is 4. The van der Waals surface area contributed by atoms with E-state index in [1.807, 2.05) is 32.0 Å². The van der Waals surface area contributed by atoms with Crippen LogP contribution < -0.4 is 10.1 Å². The standard InChI is InChI=1S/C16H16F3NO/c1-11-4-3-5-12(2)15(11)20-10-13-6-8-14(9-7-13)21-16(17,18)19/h3-9,20H,10H2,1-2H3. The molecule has 0 saturated carbocycles. The van der Waals surface area contributed by atoms with Crippen molar-refractivity contribution in [3.05, 3.63) is 59.2 Å². The number of hydrogen-bond donors (Lipinski definition) is 1. The Bertz CT molecular complexity index is 586. The number of benzene rings is 2. The Morgan fingerprint density at radius 1 is 0.952 bits per heavy atom. The Kier molecular flexibility index (Phi) is 4.40. The van der Waals surface area contributed by atoms with Gasteiger partial charge in [0.25, 0.3) is 0 Å². The Morgan fingerprint density at radius 3 is 2.05 bits per heavy atom. The van der Waals surface area contributed by atoms with Crippen LogP contribution in [0.3, 0.4) is 0 Å². The molecule has 0 atom stereocenters. The second-order valence-corrected chi connectivity index (χ2v) is 4.81.